The Morgan fingerprint density at radius 2 is 1.89 bits per heavy atom. The molecule has 3 heteroatoms. The first-order chi connectivity index (χ1) is 9.19. The van der Waals surface area contributed by atoms with Crippen molar-refractivity contribution in [1.82, 2.24) is 5.32 Å². The zero-order valence-corrected chi connectivity index (χ0v) is 12.4. The largest absolute Gasteiger partial charge is 0.396 e. The molecule has 0 aliphatic heterocycles. The fourth-order valence-electron chi connectivity index (χ4n) is 3.05. The molecule has 1 aromatic rings. The highest BCUT2D eigenvalue weighted by Gasteiger charge is 2.33. The first-order valence-electron chi connectivity index (χ1n) is 7.29. The monoisotopic (exact) mass is 281 g/mol. The van der Waals surface area contributed by atoms with Crippen molar-refractivity contribution in [2.24, 2.45) is 5.41 Å². The SMILES string of the molecule is CCC(NCC1(CO)CCCC1)c1ccc(Cl)cc1. The third-order valence-corrected chi connectivity index (χ3v) is 4.66. The summed E-state index contributed by atoms with van der Waals surface area (Å²) in [5.41, 5.74) is 1.39. The Morgan fingerprint density at radius 3 is 2.42 bits per heavy atom. The fraction of sp³-hybridized carbons (Fsp3) is 0.625. The van der Waals surface area contributed by atoms with Crippen molar-refractivity contribution in [3.63, 3.8) is 0 Å². The molecule has 1 saturated carbocycles. The van der Waals surface area contributed by atoms with Gasteiger partial charge in [-0.15, -0.1) is 0 Å². The molecule has 0 amide bonds. The number of hydrogen-bond acceptors (Lipinski definition) is 2. The van der Waals surface area contributed by atoms with Crippen molar-refractivity contribution >= 4 is 11.6 Å². The molecule has 2 N–H and O–H groups in total. The van der Waals surface area contributed by atoms with E-state index in [1.165, 1.54) is 18.4 Å². The van der Waals surface area contributed by atoms with E-state index in [1.54, 1.807) is 0 Å². The lowest BCUT2D eigenvalue weighted by molar-refractivity contribution is 0.124. The van der Waals surface area contributed by atoms with Crippen LogP contribution < -0.4 is 5.32 Å². The summed E-state index contributed by atoms with van der Waals surface area (Å²) >= 11 is 5.93. The highest BCUT2D eigenvalue weighted by molar-refractivity contribution is 6.30. The lowest BCUT2D eigenvalue weighted by Gasteiger charge is -2.29. The second-order valence-corrected chi connectivity index (χ2v) is 6.19. The quantitative estimate of drug-likeness (QED) is 0.828. The molecule has 0 bridgehead atoms. The summed E-state index contributed by atoms with van der Waals surface area (Å²) in [4.78, 5) is 0. The van der Waals surface area contributed by atoms with Crippen LogP contribution in [0.15, 0.2) is 24.3 Å². The molecule has 1 atom stereocenters. The van der Waals surface area contributed by atoms with Gasteiger partial charge >= 0.3 is 0 Å². The number of benzene rings is 1. The average molecular weight is 282 g/mol. The third-order valence-electron chi connectivity index (χ3n) is 4.40. The van der Waals surface area contributed by atoms with Gasteiger partial charge in [0.15, 0.2) is 0 Å². The van der Waals surface area contributed by atoms with E-state index in [0.717, 1.165) is 30.8 Å². The Hall–Kier alpha value is -0.570. The standard InChI is InChI=1S/C16H24ClNO/c1-2-15(13-5-7-14(17)8-6-13)18-11-16(12-19)9-3-4-10-16/h5-8,15,18-19H,2-4,9-12H2,1H3. The van der Waals surface area contributed by atoms with Crippen LogP contribution in [-0.4, -0.2) is 18.3 Å². The van der Waals surface area contributed by atoms with Gasteiger partial charge in [0.25, 0.3) is 0 Å². The molecule has 1 aliphatic carbocycles. The molecule has 0 heterocycles. The maximum Gasteiger partial charge on any atom is 0.0499 e. The van der Waals surface area contributed by atoms with Crippen LogP contribution in [0, 0.1) is 5.41 Å². The van der Waals surface area contributed by atoms with Crippen molar-refractivity contribution < 1.29 is 5.11 Å². The van der Waals surface area contributed by atoms with Crippen molar-refractivity contribution in [2.75, 3.05) is 13.2 Å². The van der Waals surface area contributed by atoms with Gasteiger partial charge in [0, 0.05) is 29.6 Å². The summed E-state index contributed by atoms with van der Waals surface area (Å²) in [5, 5.41) is 14.1. The van der Waals surface area contributed by atoms with Crippen LogP contribution >= 0.6 is 11.6 Å². The first-order valence-corrected chi connectivity index (χ1v) is 7.67. The third kappa shape index (κ3) is 3.71. The summed E-state index contributed by atoms with van der Waals surface area (Å²) in [6.07, 6.45) is 5.84. The number of hydrogen-bond donors (Lipinski definition) is 2. The molecule has 1 unspecified atom stereocenters. The van der Waals surface area contributed by atoms with Crippen molar-refractivity contribution in [3.8, 4) is 0 Å². The lowest BCUT2D eigenvalue weighted by Crippen LogP contribution is -2.37. The van der Waals surface area contributed by atoms with Crippen molar-refractivity contribution in [2.45, 2.75) is 45.1 Å². The topological polar surface area (TPSA) is 32.3 Å². The smallest absolute Gasteiger partial charge is 0.0499 e. The Kier molecular flexibility index (Phi) is 5.26. The van der Waals surface area contributed by atoms with Gasteiger partial charge in [-0.3, -0.25) is 0 Å². The van der Waals surface area contributed by atoms with Gasteiger partial charge in [-0.05, 0) is 37.0 Å². The molecule has 19 heavy (non-hydrogen) atoms. The van der Waals surface area contributed by atoms with E-state index in [0.29, 0.717) is 12.6 Å². The van der Waals surface area contributed by atoms with Gasteiger partial charge in [-0.25, -0.2) is 0 Å². The highest BCUT2D eigenvalue weighted by atomic mass is 35.5. The van der Waals surface area contributed by atoms with Crippen molar-refractivity contribution in [1.29, 1.82) is 0 Å². The van der Waals surface area contributed by atoms with E-state index >= 15 is 0 Å². The maximum absolute atomic E-state index is 9.65. The van der Waals surface area contributed by atoms with Gasteiger partial charge in [-0.2, -0.15) is 0 Å². The lowest BCUT2D eigenvalue weighted by atomic mass is 9.86. The van der Waals surface area contributed by atoms with Crippen LogP contribution in [0.1, 0.15) is 50.6 Å². The zero-order chi connectivity index (χ0) is 13.7. The van der Waals surface area contributed by atoms with E-state index in [4.69, 9.17) is 11.6 Å². The minimum atomic E-state index is 0.111. The van der Waals surface area contributed by atoms with Crippen LogP contribution in [0.2, 0.25) is 5.02 Å². The summed E-state index contributed by atoms with van der Waals surface area (Å²) in [6.45, 7) is 3.40. The molecule has 1 aromatic carbocycles. The maximum atomic E-state index is 9.65. The zero-order valence-electron chi connectivity index (χ0n) is 11.7. The van der Waals surface area contributed by atoms with E-state index in [2.05, 4.69) is 24.4 Å². The number of halogens is 1. The second kappa shape index (κ2) is 6.74. The second-order valence-electron chi connectivity index (χ2n) is 5.76. The molecule has 1 fully saturated rings. The molecular weight excluding hydrogens is 258 g/mol. The highest BCUT2D eigenvalue weighted by Crippen LogP contribution is 2.37. The molecular formula is C16H24ClNO. The summed E-state index contributed by atoms with van der Waals surface area (Å²) in [7, 11) is 0. The van der Waals surface area contributed by atoms with E-state index in [1.807, 2.05) is 12.1 Å². The summed E-state index contributed by atoms with van der Waals surface area (Å²) in [6, 6.07) is 8.41. The van der Waals surface area contributed by atoms with Crippen LogP contribution in [0.25, 0.3) is 0 Å². The van der Waals surface area contributed by atoms with Crippen LogP contribution in [0.4, 0.5) is 0 Å². The molecule has 106 valence electrons. The Morgan fingerprint density at radius 1 is 1.26 bits per heavy atom. The Balaban J connectivity index is 1.97. The molecule has 0 aromatic heterocycles. The summed E-state index contributed by atoms with van der Waals surface area (Å²) in [5.74, 6) is 0. The Labute approximate surface area is 121 Å². The molecule has 0 radical (unpaired) electrons. The van der Waals surface area contributed by atoms with E-state index in [9.17, 15) is 5.11 Å². The minimum absolute atomic E-state index is 0.111. The number of aliphatic hydroxyl groups is 1. The number of aliphatic hydroxyl groups excluding tert-OH is 1. The number of rotatable bonds is 6. The molecule has 2 rings (SSSR count). The fourth-order valence-corrected chi connectivity index (χ4v) is 3.17. The summed E-state index contributed by atoms with van der Waals surface area (Å²) < 4.78 is 0. The first kappa shape index (κ1) is 14.8. The predicted molar refractivity (Wildman–Crippen MR) is 80.5 cm³/mol. The molecule has 1 aliphatic rings. The van der Waals surface area contributed by atoms with Crippen LogP contribution in [-0.2, 0) is 0 Å². The van der Waals surface area contributed by atoms with Gasteiger partial charge < -0.3 is 10.4 Å². The van der Waals surface area contributed by atoms with Gasteiger partial charge in [-0.1, -0.05) is 43.5 Å². The van der Waals surface area contributed by atoms with Crippen LogP contribution in [0.5, 0.6) is 0 Å². The van der Waals surface area contributed by atoms with E-state index in [-0.39, 0.29) is 5.41 Å². The molecule has 0 saturated heterocycles. The van der Waals surface area contributed by atoms with Gasteiger partial charge in [0.2, 0.25) is 0 Å². The van der Waals surface area contributed by atoms with Crippen molar-refractivity contribution in [3.05, 3.63) is 34.9 Å². The Bertz CT molecular complexity index is 384. The molecule has 0 spiro atoms. The minimum Gasteiger partial charge on any atom is -0.396 e. The molecule has 2 nitrogen and oxygen atoms in total. The van der Waals surface area contributed by atoms with Gasteiger partial charge in [0.05, 0.1) is 0 Å². The predicted octanol–water partition coefficient (Wildman–Crippen LogP) is 3.93. The van der Waals surface area contributed by atoms with E-state index < -0.39 is 0 Å². The van der Waals surface area contributed by atoms with Crippen LogP contribution in [0.3, 0.4) is 0 Å². The normalized spacial score (nSPS) is 19.5. The average Bonchev–Trinajstić information content (AvgIpc) is 2.91. The van der Waals surface area contributed by atoms with Gasteiger partial charge in [0.1, 0.15) is 0 Å². The number of nitrogens with one attached hydrogen (secondary N) is 1.